The Morgan fingerprint density at radius 2 is 1.59 bits per heavy atom. The topological polar surface area (TPSA) is 99.1 Å². The molecule has 2 aliphatic heterocycles. The first-order chi connectivity index (χ1) is 17.9. The lowest BCUT2D eigenvalue weighted by Crippen LogP contribution is -2.53. The number of hydrogen-bond donors (Lipinski definition) is 3. The number of para-hydroxylation sites is 1. The monoisotopic (exact) mass is 498 g/mol. The largest absolute Gasteiger partial charge is 0.508 e. The lowest BCUT2D eigenvalue weighted by atomic mass is 9.64. The molecule has 0 radical (unpaired) electrons. The van der Waals surface area contributed by atoms with Crippen molar-refractivity contribution in [3.05, 3.63) is 84.4 Å². The molecule has 1 saturated carbocycles. The fraction of sp³-hybridized carbons (Fsp3) is 0.333. The van der Waals surface area contributed by atoms with Gasteiger partial charge in [0, 0.05) is 23.2 Å². The maximum absolute atomic E-state index is 13.8. The van der Waals surface area contributed by atoms with Crippen molar-refractivity contribution in [1.82, 2.24) is 0 Å². The van der Waals surface area contributed by atoms with Crippen molar-refractivity contribution in [3.8, 4) is 5.75 Å². The molecular formula is C30H30N2O5. The Morgan fingerprint density at radius 1 is 0.919 bits per heavy atom. The Balaban J connectivity index is 1.28. The summed E-state index contributed by atoms with van der Waals surface area (Å²) in [6.07, 6.45) is 1.07. The van der Waals surface area contributed by atoms with Gasteiger partial charge in [-0.15, -0.1) is 0 Å². The van der Waals surface area contributed by atoms with Gasteiger partial charge in [0.05, 0.1) is 23.6 Å². The molecule has 0 aromatic heterocycles. The average molecular weight is 499 g/mol. The van der Waals surface area contributed by atoms with E-state index < -0.39 is 29.6 Å². The van der Waals surface area contributed by atoms with Crippen molar-refractivity contribution in [2.45, 2.75) is 38.1 Å². The summed E-state index contributed by atoms with van der Waals surface area (Å²) < 4.78 is 6.27. The number of amides is 2. The van der Waals surface area contributed by atoms with Crippen LogP contribution in [-0.4, -0.2) is 27.8 Å². The lowest BCUT2D eigenvalue weighted by molar-refractivity contribution is -0.269. The first kappa shape index (κ1) is 23.7. The number of benzene rings is 3. The van der Waals surface area contributed by atoms with E-state index in [-0.39, 0.29) is 23.5 Å². The zero-order valence-corrected chi connectivity index (χ0v) is 20.6. The molecule has 3 aromatic carbocycles. The molecule has 3 fully saturated rings. The Hall–Kier alpha value is -3.68. The summed E-state index contributed by atoms with van der Waals surface area (Å²) in [5, 5.41) is 24.8. The number of imide groups is 1. The number of fused-ring (bicyclic) bond motifs is 3. The van der Waals surface area contributed by atoms with Gasteiger partial charge in [-0.05, 0) is 73.4 Å². The van der Waals surface area contributed by atoms with Crippen LogP contribution in [0.4, 0.5) is 17.1 Å². The van der Waals surface area contributed by atoms with E-state index in [1.165, 1.54) is 4.90 Å². The SMILES string of the molecule is CC[C@H]1C[C@@H]2C(=O)N(c3ccc(Nc4ccccc4)cc3)C(=O)[C@@H]2[C@@H]2C[C@@H](c3ccc(O)cc3)O[C@]12O. The minimum Gasteiger partial charge on any atom is -0.508 e. The zero-order chi connectivity index (χ0) is 25.7. The second-order valence-electron chi connectivity index (χ2n) is 10.3. The second kappa shape index (κ2) is 9.01. The van der Waals surface area contributed by atoms with Crippen LogP contribution in [0.5, 0.6) is 5.75 Å². The molecule has 2 saturated heterocycles. The number of nitrogens with zero attached hydrogens (tertiary/aromatic N) is 1. The highest BCUT2D eigenvalue weighted by atomic mass is 16.6. The van der Waals surface area contributed by atoms with Gasteiger partial charge >= 0.3 is 0 Å². The van der Waals surface area contributed by atoms with E-state index in [4.69, 9.17) is 4.74 Å². The maximum atomic E-state index is 13.8. The van der Waals surface area contributed by atoms with E-state index in [2.05, 4.69) is 5.32 Å². The third-order valence-electron chi connectivity index (χ3n) is 8.31. The quantitative estimate of drug-likeness (QED) is 0.422. The van der Waals surface area contributed by atoms with Crippen LogP contribution in [0.1, 0.15) is 37.9 Å². The van der Waals surface area contributed by atoms with Crippen molar-refractivity contribution >= 4 is 28.9 Å². The van der Waals surface area contributed by atoms with Crippen molar-refractivity contribution in [3.63, 3.8) is 0 Å². The molecule has 6 atom stereocenters. The molecule has 1 aliphatic carbocycles. The molecule has 3 N–H and O–H groups in total. The normalized spacial score (nSPS) is 30.8. The number of anilines is 3. The zero-order valence-electron chi connectivity index (χ0n) is 20.6. The van der Waals surface area contributed by atoms with Crippen LogP contribution in [0.25, 0.3) is 0 Å². The van der Waals surface area contributed by atoms with Crippen LogP contribution in [0.3, 0.4) is 0 Å². The van der Waals surface area contributed by atoms with Gasteiger partial charge in [0.25, 0.3) is 0 Å². The summed E-state index contributed by atoms with van der Waals surface area (Å²) in [7, 11) is 0. The van der Waals surface area contributed by atoms with Crippen molar-refractivity contribution in [2.24, 2.45) is 23.7 Å². The number of carbonyl (C=O) groups excluding carboxylic acids is 2. The Labute approximate surface area is 215 Å². The Kier molecular flexibility index (Phi) is 5.77. The Bertz CT molecular complexity index is 1310. The summed E-state index contributed by atoms with van der Waals surface area (Å²) in [5.41, 5.74) is 3.17. The van der Waals surface area contributed by atoms with Crippen LogP contribution in [0.2, 0.25) is 0 Å². The highest BCUT2D eigenvalue weighted by Crippen LogP contribution is 2.59. The summed E-state index contributed by atoms with van der Waals surface area (Å²) in [6, 6.07) is 23.8. The third kappa shape index (κ3) is 3.90. The van der Waals surface area contributed by atoms with Gasteiger partial charge in [0.15, 0.2) is 5.79 Å². The van der Waals surface area contributed by atoms with E-state index in [1.807, 2.05) is 49.4 Å². The van der Waals surface area contributed by atoms with Crippen LogP contribution in [-0.2, 0) is 14.3 Å². The summed E-state index contributed by atoms with van der Waals surface area (Å²) >= 11 is 0. The summed E-state index contributed by atoms with van der Waals surface area (Å²) in [6.45, 7) is 1.98. The van der Waals surface area contributed by atoms with Gasteiger partial charge in [0.1, 0.15) is 5.75 Å². The number of aliphatic hydroxyl groups is 1. The number of rotatable bonds is 5. The minimum atomic E-state index is -1.48. The molecule has 3 aliphatic rings. The van der Waals surface area contributed by atoms with Gasteiger partial charge in [-0.3, -0.25) is 14.5 Å². The molecule has 0 bridgehead atoms. The molecule has 2 amide bonds. The standard InChI is InChI=1S/C30H30N2O5/c1-2-19-16-24-27(25-17-26(37-30(19,25)36)18-8-14-23(33)15-9-18)29(35)32(28(24)34)22-12-10-21(11-13-22)31-20-6-4-3-5-7-20/h3-15,19,24-27,31,33,36H,2,16-17H2,1H3/t19-,24-,25-,26-,27-,30+/m0/s1. The van der Waals surface area contributed by atoms with E-state index in [0.29, 0.717) is 24.9 Å². The lowest BCUT2D eigenvalue weighted by Gasteiger charge is -2.44. The maximum Gasteiger partial charge on any atom is 0.238 e. The smallest absolute Gasteiger partial charge is 0.238 e. The number of ether oxygens (including phenoxy) is 1. The number of phenolic OH excluding ortho intramolecular Hbond substituents is 1. The molecule has 7 heteroatoms. The van der Waals surface area contributed by atoms with Gasteiger partial charge < -0.3 is 20.3 Å². The number of carbonyl (C=O) groups is 2. The first-order valence-corrected chi connectivity index (χ1v) is 12.9. The number of nitrogens with one attached hydrogen (secondary N) is 1. The molecule has 6 rings (SSSR count). The third-order valence-corrected chi connectivity index (χ3v) is 8.31. The number of aromatic hydroxyl groups is 1. The molecule has 7 nitrogen and oxygen atoms in total. The van der Waals surface area contributed by atoms with Crippen LogP contribution < -0.4 is 10.2 Å². The van der Waals surface area contributed by atoms with Crippen molar-refractivity contribution in [1.29, 1.82) is 0 Å². The van der Waals surface area contributed by atoms with Gasteiger partial charge in [-0.25, -0.2) is 0 Å². The van der Waals surface area contributed by atoms with E-state index in [9.17, 15) is 19.8 Å². The predicted molar refractivity (Wildman–Crippen MR) is 139 cm³/mol. The highest BCUT2D eigenvalue weighted by Gasteiger charge is 2.66. The summed E-state index contributed by atoms with van der Waals surface area (Å²) in [5.74, 6) is -3.66. The Morgan fingerprint density at radius 3 is 2.27 bits per heavy atom. The molecule has 37 heavy (non-hydrogen) atoms. The van der Waals surface area contributed by atoms with Crippen molar-refractivity contribution < 1.29 is 24.5 Å². The highest BCUT2D eigenvalue weighted by molar-refractivity contribution is 6.22. The van der Waals surface area contributed by atoms with E-state index in [0.717, 1.165) is 16.9 Å². The fourth-order valence-corrected chi connectivity index (χ4v) is 6.48. The molecule has 0 spiro atoms. The number of phenols is 1. The molecule has 3 aromatic rings. The van der Waals surface area contributed by atoms with Crippen molar-refractivity contribution in [2.75, 3.05) is 10.2 Å². The average Bonchev–Trinajstić information content (AvgIpc) is 3.39. The van der Waals surface area contributed by atoms with Crippen LogP contribution in [0.15, 0.2) is 78.9 Å². The van der Waals surface area contributed by atoms with Gasteiger partial charge in [-0.2, -0.15) is 0 Å². The molecule has 2 heterocycles. The van der Waals surface area contributed by atoms with E-state index >= 15 is 0 Å². The minimum absolute atomic E-state index is 0.154. The van der Waals surface area contributed by atoms with Crippen LogP contribution >= 0.6 is 0 Å². The number of hydrogen-bond acceptors (Lipinski definition) is 6. The molecule has 190 valence electrons. The first-order valence-electron chi connectivity index (χ1n) is 12.9. The van der Waals surface area contributed by atoms with E-state index in [1.54, 1.807) is 36.4 Å². The molecular weight excluding hydrogens is 468 g/mol. The summed E-state index contributed by atoms with van der Waals surface area (Å²) in [4.78, 5) is 28.7. The van der Waals surface area contributed by atoms with Crippen LogP contribution in [0, 0.1) is 23.7 Å². The molecule has 0 unspecified atom stereocenters. The van der Waals surface area contributed by atoms with Gasteiger partial charge in [0.2, 0.25) is 11.8 Å². The fourth-order valence-electron chi connectivity index (χ4n) is 6.48. The van der Waals surface area contributed by atoms with Gasteiger partial charge in [-0.1, -0.05) is 37.3 Å². The predicted octanol–water partition coefficient (Wildman–Crippen LogP) is 5.14. The second-order valence-corrected chi connectivity index (χ2v) is 10.3.